The van der Waals surface area contributed by atoms with Gasteiger partial charge in [0, 0.05) is 0 Å². The summed E-state index contributed by atoms with van der Waals surface area (Å²) in [6.45, 7) is 2.14. The Balaban J connectivity index is 2.26. The molecule has 0 aromatic carbocycles. The fraction of sp³-hybridized carbons (Fsp3) is 1.00. The average Bonchev–Trinajstić information content (AvgIpc) is 2.26. The summed E-state index contributed by atoms with van der Waals surface area (Å²) in [5.74, 6) is 1.31. The summed E-state index contributed by atoms with van der Waals surface area (Å²) in [5, 5.41) is 0. The standard InChI is InChI=1S/C12H23B3/c1-14-15-12-9-4-2-3-7-11(13)8-5-6-10-12/h11-12H,2-10H2,1H3/t11-,12+/m0/s1. The molecule has 80 valence electrons. The highest BCUT2D eigenvalue weighted by molar-refractivity contribution is 7.00. The number of hydrogen-bond acceptors (Lipinski definition) is 0. The van der Waals surface area contributed by atoms with E-state index in [1.807, 2.05) is 0 Å². The Hall–Kier alpha value is 0.195. The second-order valence-corrected chi connectivity index (χ2v) is 4.97. The molecule has 4 radical (unpaired) electrons. The summed E-state index contributed by atoms with van der Waals surface area (Å²) in [6, 6.07) is 0. The van der Waals surface area contributed by atoms with Crippen molar-refractivity contribution in [3.05, 3.63) is 0 Å². The van der Waals surface area contributed by atoms with Gasteiger partial charge in [0.25, 0.3) is 0 Å². The monoisotopic (exact) mass is 200 g/mol. The van der Waals surface area contributed by atoms with E-state index in [1.165, 1.54) is 57.8 Å². The molecule has 0 amide bonds. The van der Waals surface area contributed by atoms with Crippen molar-refractivity contribution < 1.29 is 0 Å². The molecule has 1 rings (SSSR count). The molecule has 0 nitrogen and oxygen atoms in total. The van der Waals surface area contributed by atoms with Crippen LogP contribution in [0.4, 0.5) is 0 Å². The second-order valence-electron chi connectivity index (χ2n) is 4.97. The van der Waals surface area contributed by atoms with Crippen LogP contribution in [0.5, 0.6) is 0 Å². The summed E-state index contributed by atoms with van der Waals surface area (Å²) >= 11 is 0. The van der Waals surface area contributed by atoms with Gasteiger partial charge in [0.05, 0.1) is 22.2 Å². The first-order chi connectivity index (χ1) is 7.33. The van der Waals surface area contributed by atoms with Crippen LogP contribution in [0.15, 0.2) is 0 Å². The maximum absolute atomic E-state index is 6.05. The highest BCUT2D eigenvalue weighted by Gasteiger charge is 2.10. The van der Waals surface area contributed by atoms with Gasteiger partial charge >= 0.3 is 0 Å². The lowest BCUT2D eigenvalue weighted by Crippen LogP contribution is -2.09. The SMILES string of the molecule is [B][C@H]1CCCCC[C@@H]([B][B]C)CCCC1. The van der Waals surface area contributed by atoms with Crippen LogP contribution in [0.25, 0.3) is 0 Å². The molecule has 3 heteroatoms. The Labute approximate surface area is 98.9 Å². The van der Waals surface area contributed by atoms with Crippen LogP contribution in [0.1, 0.15) is 57.8 Å². The van der Waals surface area contributed by atoms with E-state index >= 15 is 0 Å². The zero-order valence-corrected chi connectivity index (χ0v) is 10.3. The molecule has 1 saturated carbocycles. The summed E-state index contributed by atoms with van der Waals surface area (Å²) in [5.41, 5.74) is 0. The molecule has 0 aliphatic heterocycles. The lowest BCUT2D eigenvalue weighted by molar-refractivity contribution is 0.583. The van der Waals surface area contributed by atoms with Crippen molar-refractivity contribution >= 4 is 22.2 Å². The highest BCUT2D eigenvalue weighted by atomic mass is 14.1. The maximum atomic E-state index is 6.05. The van der Waals surface area contributed by atoms with E-state index < -0.39 is 0 Å². The van der Waals surface area contributed by atoms with Gasteiger partial charge in [0.15, 0.2) is 0 Å². The Morgan fingerprint density at radius 3 is 2.07 bits per heavy atom. The average molecular weight is 200 g/mol. The van der Waals surface area contributed by atoms with E-state index in [9.17, 15) is 0 Å². The van der Waals surface area contributed by atoms with Crippen LogP contribution in [0, 0.1) is 0 Å². The van der Waals surface area contributed by atoms with Crippen LogP contribution < -0.4 is 0 Å². The molecule has 0 saturated heterocycles. The summed E-state index contributed by atoms with van der Waals surface area (Å²) in [7, 11) is 10.7. The van der Waals surface area contributed by atoms with E-state index in [1.54, 1.807) is 0 Å². The predicted molar refractivity (Wildman–Crippen MR) is 72.2 cm³/mol. The first kappa shape index (κ1) is 13.3. The zero-order chi connectivity index (χ0) is 10.9. The minimum absolute atomic E-state index is 0.475. The molecule has 0 unspecified atom stereocenters. The van der Waals surface area contributed by atoms with Crippen molar-refractivity contribution in [1.82, 2.24) is 0 Å². The van der Waals surface area contributed by atoms with E-state index in [0.717, 1.165) is 5.82 Å². The van der Waals surface area contributed by atoms with Crippen LogP contribution >= 0.6 is 0 Å². The fourth-order valence-electron chi connectivity index (χ4n) is 2.56. The lowest BCUT2D eigenvalue weighted by Gasteiger charge is -2.14. The van der Waals surface area contributed by atoms with Gasteiger partial charge < -0.3 is 0 Å². The third kappa shape index (κ3) is 6.38. The van der Waals surface area contributed by atoms with Gasteiger partial charge in [-0.3, -0.25) is 0 Å². The van der Waals surface area contributed by atoms with E-state index in [0.29, 0.717) is 5.82 Å². The normalized spacial score (nSPS) is 30.2. The van der Waals surface area contributed by atoms with Crippen molar-refractivity contribution in [2.24, 2.45) is 0 Å². The van der Waals surface area contributed by atoms with E-state index in [4.69, 9.17) is 7.85 Å². The van der Waals surface area contributed by atoms with Crippen LogP contribution in [-0.4, -0.2) is 22.2 Å². The first-order valence-electron chi connectivity index (χ1n) is 6.71. The van der Waals surface area contributed by atoms with Gasteiger partial charge in [-0.1, -0.05) is 76.2 Å². The lowest BCUT2D eigenvalue weighted by atomic mass is 9.34. The first-order valence-corrected chi connectivity index (χ1v) is 6.71. The van der Waals surface area contributed by atoms with Crippen molar-refractivity contribution in [1.29, 1.82) is 0 Å². The van der Waals surface area contributed by atoms with E-state index in [-0.39, 0.29) is 0 Å². The summed E-state index contributed by atoms with van der Waals surface area (Å²) in [4.78, 5) is 0. The minimum atomic E-state index is 0.475. The second kappa shape index (κ2) is 8.36. The van der Waals surface area contributed by atoms with Crippen molar-refractivity contribution in [2.45, 2.75) is 76.2 Å². The quantitative estimate of drug-likeness (QED) is 0.596. The Morgan fingerprint density at radius 2 is 1.40 bits per heavy atom. The molecule has 0 bridgehead atoms. The third-order valence-electron chi connectivity index (χ3n) is 3.51. The van der Waals surface area contributed by atoms with Crippen LogP contribution in [-0.2, 0) is 0 Å². The molecule has 2 atom stereocenters. The Kier molecular flexibility index (Phi) is 7.39. The molecule has 1 aliphatic carbocycles. The maximum Gasteiger partial charge on any atom is 0.0699 e. The van der Waals surface area contributed by atoms with Crippen LogP contribution in [0.2, 0.25) is 18.5 Å². The molecule has 1 aliphatic rings. The topological polar surface area (TPSA) is 0 Å². The minimum Gasteiger partial charge on any atom is -0.0999 e. The Bertz CT molecular complexity index is 150. The van der Waals surface area contributed by atoms with Crippen molar-refractivity contribution in [2.75, 3.05) is 0 Å². The smallest absolute Gasteiger partial charge is 0.0699 e. The number of rotatable bonds is 2. The van der Waals surface area contributed by atoms with E-state index in [2.05, 4.69) is 21.2 Å². The molecular formula is C12H23B3. The molecule has 0 N–H and O–H groups in total. The predicted octanol–water partition coefficient (Wildman–Crippen LogP) is 3.63. The third-order valence-corrected chi connectivity index (χ3v) is 3.51. The molecule has 0 spiro atoms. The van der Waals surface area contributed by atoms with Gasteiger partial charge in [0.2, 0.25) is 0 Å². The molecular weight excluding hydrogens is 177 g/mol. The Morgan fingerprint density at radius 1 is 0.867 bits per heavy atom. The summed E-state index contributed by atoms with van der Waals surface area (Å²) < 4.78 is 0. The fourth-order valence-corrected chi connectivity index (χ4v) is 2.56. The summed E-state index contributed by atoms with van der Waals surface area (Å²) in [6.07, 6.45) is 12.0. The van der Waals surface area contributed by atoms with Gasteiger partial charge in [-0.2, -0.15) is 0 Å². The largest absolute Gasteiger partial charge is 0.0999 e. The van der Waals surface area contributed by atoms with Crippen LogP contribution in [0.3, 0.4) is 0 Å². The highest BCUT2D eigenvalue weighted by Crippen LogP contribution is 2.27. The van der Waals surface area contributed by atoms with Gasteiger partial charge in [-0.25, -0.2) is 0 Å². The number of hydrogen-bond donors (Lipinski definition) is 0. The molecule has 0 heterocycles. The van der Waals surface area contributed by atoms with Gasteiger partial charge in [0.1, 0.15) is 0 Å². The molecule has 15 heavy (non-hydrogen) atoms. The van der Waals surface area contributed by atoms with Crippen molar-refractivity contribution in [3.8, 4) is 0 Å². The molecule has 1 fully saturated rings. The molecule has 0 aromatic heterocycles. The van der Waals surface area contributed by atoms with Gasteiger partial charge in [-0.15, -0.1) is 0 Å². The van der Waals surface area contributed by atoms with Gasteiger partial charge in [-0.05, 0) is 0 Å². The zero-order valence-electron chi connectivity index (χ0n) is 10.3. The molecule has 0 aromatic rings. The van der Waals surface area contributed by atoms with Crippen molar-refractivity contribution in [3.63, 3.8) is 0 Å².